The quantitative estimate of drug-likeness (QED) is 0.113. The predicted molar refractivity (Wildman–Crippen MR) is 163 cm³/mol. The second-order valence-electron chi connectivity index (χ2n) is 10.9. The maximum Gasteiger partial charge on any atom is 0.511 e. The molecular formula is C35H54O3. The Morgan fingerprint density at radius 1 is 0.605 bits per heavy atom. The van der Waals surface area contributed by atoms with Crippen LogP contribution in [0.3, 0.4) is 0 Å². The summed E-state index contributed by atoms with van der Waals surface area (Å²) in [5.74, 6) is 0.559. The van der Waals surface area contributed by atoms with Gasteiger partial charge in [0.05, 0.1) is 0 Å². The van der Waals surface area contributed by atoms with Gasteiger partial charge in [-0.15, -0.1) is 0 Å². The second kappa shape index (κ2) is 18.1. The number of hydrogen-bond donors (Lipinski definition) is 1. The van der Waals surface area contributed by atoms with Gasteiger partial charge in [0.25, 0.3) is 0 Å². The zero-order valence-corrected chi connectivity index (χ0v) is 25.1. The van der Waals surface area contributed by atoms with Gasteiger partial charge in [0, 0.05) is 0 Å². The van der Waals surface area contributed by atoms with Gasteiger partial charge in [-0.05, 0) is 109 Å². The van der Waals surface area contributed by atoms with Crippen LogP contribution in [0.2, 0.25) is 0 Å². The molecule has 0 heterocycles. The van der Waals surface area contributed by atoms with Crippen LogP contribution in [0.5, 0.6) is 5.75 Å². The first-order chi connectivity index (χ1) is 18.5. The van der Waals surface area contributed by atoms with Gasteiger partial charge in [-0.3, -0.25) is 0 Å². The minimum absolute atomic E-state index is 0.559. The molecule has 3 heteroatoms. The summed E-state index contributed by atoms with van der Waals surface area (Å²) in [4.78, 5) is 11.8. The molecule has 3 nitrogen and oxygen atoms in total. The third-order valence-electron chi connectivity index (χ3n) is 7.81. The van der Waals surface area contributed by atoms with Gasteiger partial charge >= 0.3 is 6.16 Å². The number of hydrogen-bond acceptors (Lipinski definition) is 2. The van der Waals surface area contributed by atoms with E-state index in [1.54, 1.807) is 0 Å². The first kappa shape index (κ1) is 31.9. The largest absolute Gasteiger partial charge is 0.511 e. The lowest BCUT2D eigenvalue weighted by atomic mass is 9.82. The summed E-state index contributed by atoms with van der Waals surface area (Å²) in [7, 11) is 0. The third-order valence-corrected chi connectivity index (χ3v) is 7.81. The molecule has 38 heavy (non-hydrogen) atoms. The molecule has 0 bridgehead atoms. The zero-order valence-electron chi connectivity index (χ0n) is 25.1. The number of benzene rings is 2. The number of rotatable bonds is 19. The molecule has 0 aliphatic rings. The summed E-state index contributed by atoms with van der Waals surface area (Å²) in [5.41, 5.74) is 9.38. The summed E-state index contributed by atoms with van der Waals surface area (Å²) in [5, 5.41) is 9.70. The Bertz CT molecular complexity index is 976. The van der Waals surface area contributed by atoms with E-state index in [0.717, 1.165) is 76.2 Å². The van der Waals surface area contributed by atoms with Crippen LogP contribution in [0, 0.1) is 0 Å². The molecule has 0 aromatic heterocycles. The summed E-state index contributed by atoms with van der Waals surface area (Å²) in [6, 6.07) is 8.93. The first-order valence-corrected chi connectivity index (χ1v) is 15.7. The molecule has 0 amide bonds. The van der Waals surface area contributed by atoms with Crippen LogP contribution in [0.25, 0.3) is 11.1 Å². The maximum atomic E-state index is 11.8. The molecule has 0 spiro atoms. The Hall–Kier alpha value is -2.29. The predicted octanol–water partition coefficient (Wildman–Crippen LogP) is 10.9. The minimum atomic E-state index is -1.21. The summed E-state index contributed by atoms with van der Waals surface area (Å²) >= 11 is 0. The Labute approximate surface area is 233 Å². The minimum Gasteiger partial charge on any atom is -0.449 e. The van der Waals surface area contributed by atoms with Crippen LogP contribution < -0.4 is 4.74 Å². The van der Waals surface area contributed by atoms with Gasteiger partial charge in [-0.2, -0.15) is 0 Å². The highest BCUT2D eigenvalue weighted by Gasteiger charge is 2.23. The van der Waals surface area contributed by atoms with Crippen molar-refractivity contribution in [1.29, 1.82) is 0 Å². The number of ether oxygens (including phenoxy) is 1. The molecule has 212 valence electrons. The lowest BCUT2D eigenvalue weighted by Gasteiger charge is -2.24. The summed E-state index contributed by atoms with van der Waals surface area (Å²) < 4.78 is 5.55. The molecule has 0 aliphatic heterocycles. The Balaban J connectivity index is 2.84. The van der Waals surface area contributed by atoms with Gasteiger partial charge in [0.2, 0.25) is 0 Å². The monoisotopic (exact) mass is 522 g/mol. The van der Waals surface area contributed by atoms with Gasteiger partial charge in [0.1, 0.15) is 5.75 Å². The molecule has 0 saturated heterocycles. The van der Waals surface area contributed by atoms with Crippen molar-refractivity contribution in [3.8, 4) is 16.9 Å². The van der Waals surface area contributed by atoms with E-state index in [-0.39, 0.29) is 0 Å². The van der Waals surface area contributed by atoms with Crippen molar-refractivity contribution < 1.29 is 14.6 Å². The molecule has 0 atom stereocenters. The van der Waals surface area contributed by atoms with E-state index in [1.165, 1.54) is 71.9 Å². The average Bonchev–Trinajstić information content (AvgIpc) is 2.90. The first-order valence-electron chi connectivity index (χ1n) is 15.7. The highest BCUT2D eigenvalue weighted by atomic mass is 16.7. The molecule has 0 radical (unpaired) electrons. The van der Waals surface area contributed by atoms with Gasteiger partial charge in [-0.1, -0.05) is 97.8 Å². The Morgan fingerprint density at radius 2 is 1.13 bits per heavy atom. The SMILES string of the molecule is CCCCCc1cccc(-c2cc(OC(=O)O)c(CCCC)c(CCCC)c2CCCC)c1CCCCC. The standard InChI is InChI=1S/C35H54O3/c1-6-11-16-19-27-20-18-25-29(28(27)24-17-12-7-2)33-26-34(38-35(36)37)32(23-15-10-5)30(21-13-8-3)31(33)22-14-9-4/h18,20,25-26H,6-17,19,21-24H2,1-5H3,(H,36,37). The fraction of sp³-hybridized carbons (Fsp3) is 0.629. The van der Waals surface area contributed by atoms with E-state index in [4.69, 9.17) is 4.74 Å². The molecular weight excluding hydrogens is 468 g/mol. The number of unbranched alkanes of at least 4 members (excludes halogenated alkanes) is 7. The van der Waals surface area contributed by atoms with E-state index < -0.39 is 6.16 Å². The normalized spacial score (nSPS) is 11.2. The number of aryl methyl sites for hydroxylation is 1. The van der Waals surface area contributed by atoms with Crippen LogP contribution in [0.15, 0.2) is 24.3 Å². The van der Waals surface area contributed by atoms with Crippen LogP contribution in [0.1, 0.15) is 139 Å². The summed E-state index contributed by atoms with van der Waals surface area (Å²) in [6.45, 7) is 11.2. The van der Waals surface area contributed by atoms with E-state index in [9.17, 15) is 9.90 Å². The van der Waals surface area contributed by atoms with Gasteiger partial charge in [0.15, 0.2) is 0 Å². The van der Waals surface area contributed by atoms with E-state index in [1.807, 2.05) is 0 Å². The molecule has 2 rings (SSSR count). The summed E-state index contributed by atoms with van der Waals surface area (Å²) in [6.07, 6.45) is 17.8. The van der Waals surface area contributed by atoms with E-state index >= 15 is 0 Å². The van der Waals surface area contributed by atoms with Crippen LogP contribution in [-0.2, 0) is 32.1 Å². The van der Waals surface area contributed by atoms with Crippen molar-refractivity contribution in [2.24, 2.45) is 0 Å². The molecule has 0 fully saturated rings. The molecule has 0 saturated carbocycles. The second-order valence-corrected chi connectivity index (χ2v) is 10.9. The van der Waals surface area contributed by atoms with Gasteiger partial charge in [-0.25, -0.2) is 4.79 Å². The van der Waals surface area contributed by atoms with Crippen molar-refractivity contribution in [2.45, 2.75) is 144 Å². The average molecular weight is 523 g/mol. The van der Waals surface area contributed by atoms with E-state index in [2.05, 4.69) is 58.9 Å². The zero-order chi connectivity index (χ0) is 27.8. The van der Waals surface area contributed by atoms with Crippen molar-refractivity contribution >= 4 is 6.16 Å². The molecule has 0 aliphatic carbocycles. The number of carbonyl (C=O) groups is 1. The smallest absolute Gasteiger partial charge is 0.449 e. The Kier molecular flexibility index (Phi) is 15.2. The highest BCUT2D eigenvalue weighted by Crippen LogP contribution is 2.40. The molecule has 0 unspecified atom stereocenters. The topological polar surface area (TPSA) is 46.5 Å². The lowest BCUT2D eigenvalue weighted by molar-refractivity contribution is 0.144. The highest BCUT2D eigenvalue weighted by molar-refractivity contribution is 5.77. The van der Waals surface area contributed by atoms with Crippen molar-refractivity contribution in [2.75, 3.05) is 0 Å². The fourth-order valence-electron chi connectivity index (χ4n) is 5.68. The van der Waals surface area contributed by atoms with Crippen LogP contribution >= 0.6 is 0 Å². The van der Waals surface area contributed by atoms with Crippen molar-refractivity contribution in [1.82, 2.24) is 0 Å². The van der Waals surface area contributed by atoms with Crippen molar-refractivity contribution in [3.05, 3.63) is 52.1 Å². The van der Waals surface area contributed by atoms with Crippen molar-refractivity contribution in [3.63, 3.8) is 0 Å². The molecule has 1 N–H and O–H groups in total. The fourth-order valence-corrected chi connectivity index (χ4v) is 5.68. The Morgan fingerprint density at radius 3 is 1.71 bits per heavy atom. The third kappa shape index (κ3) is 9.47. The van der Waals surface area contributed by atoms with Gasteiger partial charge < -0.3 is 9.84 Å². The molecule has 2 aromatic rings. The van der Waals surface area contributed by atoms with Crippen LogP contribution in [0.4, 0.5) is 4.79 Å². The van der Waals surface area contributed by atoms with E-state index in [0.29, 0.717) is 5.75 Å². The maximum absolute atomic E-state index is 11.8. The lowest BCUT2D eigenvalue weighted by Crippen LogP contribution is -2.11. The molecule has 2 aromatic carbocycles. The number of carboxylic acid groups (broad SMARTS) is 1. The van der Waals surface area contributed by atoms with Crippen LogP contribution in [-0.4, -0.2) is 11.3 Å².